The summed E-state index contributed by atoms with van der Waals surface area (Å²) in [6, 6.07) is 5.28. The van der Waals surface area contributed by atoms with E-state index in [4.69, 9.17) is 10.4 Å². The van der Waals surface area contributed by atoms with Crippen LogP contribution in [0.15, 0.2) is 18.3 Å². The first kappa shape index (κ1) is 12.4. The summed E-state index contributed by atoms with van der Waals surface area (Å²) in [6.45, 7) is 0.405. The number of hydrogen-bond acceptors (Lipinski definition) is 5. The van der Waals surface area contributed by atoms with Crippen molar-refractivity contribution < 1.29 is 8.42 Å². The monoisotopic (exact) mass is 240 g/mol. The zero-order valence-corrected chi connectivity index (χ0v) is 9.37. The lowest BCUT2D eigenvalue weighted by Gasteiger charge is -2.05. The van der Waals surface area contributed by atoms with Crippen LogP contribution in [0.2, 0.25) is 0 Å². The van der Waals surface area contributed by atoms with Gasteiger partial charge in [-0.2, -0.15) is 5.26 Å². The van der Waals surface area contributed by atoms with Gasteiger partial charge in [0.15, 0.2) is 0 Å². The molecule has 0 fully saturated rings. The lowest BCUT2D eigenvalue weighted by atomic mass is 10.3. The molecule has 0 aliphatic carbocycles. The molecule has 0 spiro atoms. The second-order valence-corrected chi connectivity index (χ2v) is 4.89. The lowest BCUT2D eigenvalue weighted by molar-refractivity contribution is 0.595. The van der Waals surface area contributed by atoms with Gasteiger partial charge in [0, 0.05) is 12.7 Å². The van der Waals surface area contributed by atoms with E-state index in [1.54, 1.807) is 18.3 Å². The Hall–Kier alpha value is -1.65. The van der Waals surface area contributed by atoms with E-state index in [-0.39, 0.29) is 5.75 Å². The molecular formula is C9H12N4O2S. The predicted octanol–water partition coefficient (Wildman–Crippen LogP) is 0.0438. The number of nitriles is 1. The second kappa shape index (κ2) is 5.44. The van der Waals surface area contributed by atoms with Crippen molar-refractivity contribution >= 4 is 15.8 Å². The highest BCUT2D eigenvalue weighted by Crippen LogP contribution is 2.09. The third kappa shape index (κ3) is 4.25. The molecule has 6 nitrogen and oxygen atoms in total. The number of pyridine rings is 1. The van der Waals surface area contributed by atoms with E-state index in [1.165, 1.54) is 0 Å². The molecule has 16 heavy (non-hydrogen) atoms. The van der Waals surface area contributed by atoms with Crippen molar-refractivity contribution in [2.75, 3.05) is 17.6 Å². The molecule has 3 N–H and O–H groups in total. The molecular weight excluding hydrogens is 228 g/mol. The number of primary sulfonamides is 1. The van der Waals surface area contributed by atoms with Crippen LogP contribution >= 0.6 is 0 Å². The Kier molecular flexibility index (Phi) is 4.22. The molecule has 7 heteroatoms. The van der Waals surface area contributed by atoms with Gasteiger partial charge in [-0.1, -0.05) is 0 Å². The van der Waals surface area contributed by atoms with Crippen molar-refractivity contribution in [3.05, 3.63) is 23.9 Å². The molecule has 1 rings (SSSR count). The highest BCUT2D eigenvalue weighted by molar-refractivity contribution is 7.89. The van der Waals surface area contributed by atoms with Crippen LogP contribution in [0.5, 0.6) is 0 Å². The third-order valence-corrected chi connectivity index (χ3v) is 2.68. The molecule has 0 unspecified atom stereocenters. The van der Waals surface area contributed by atoms with Gasteiger partial charge in [-0.05, 0) is 18.6 Å². The van der Waals surface area contributed by atoms with Crippen LogP contribution in [0.4, 0.5) is 5.82 Å². The van der Waals surface area contributed by atoms with Gasteiger partial charge < -0.3 is 5.32 Å². The van der Waals surface area contributed by atoms with Crippen LogP contribution in [-0.4, -0.2) is 25.7 Å². The number of nitrogens with one attached hydrogen (secondary N) is 1. The minimum Gasteiger partial charge on any atom is -0.369 e. The first-order chi connectivity index (χ1) is 7.53. The molecule has 86 valence electrons. The fraction of sp³-hybridized carbons (Fsp3) is 0.333. The predicted molar refractivity (Wildman–Crippen MR) is 60.0 cm³/mol. The normalized spacial score (nSPS) is 10.8. The fourth-order valence-corrected chi connectivity index (χ4v) is 1.66. The molecule has 0 saturated carbocycles. The van der Waals surface area contributed by atoms with Crippen molar-refractivity contribution in [3.63, 3.8) is 0 Å². The van der Waals surface area contributed by atoms with Gasteiger partial charge in [-0.15, -0.1) is 0 Å². The van der Waals surface area contributed by atoms with E-state index in [1.807, 2.05) is 6.07 Å². The van der Waals surface area contributed by atoms with E-state index in [0.29, 0.717) is 24.3 Å². The molecule has 0 aliphatic heterocycles. The number of nitrogens with two attached hydrogens (primary N) is 1. The number of nitrogens with zero attached hydrogens (tertiary/aromatic N) is 2. The van der Waals surface area contributed by atoms with E-state index in [0.717, 1.165) is 0 Å². The molecule has 0 atom stereocenters. The van der Waals surface area contributed by atoms with Crippen LogP contribution in [0.25, 0.3) is 0 Å². The summed E-state index contributed by atoms with van der Waals surface area (Å²) in [5, 5.41) is 16.5. The highest BCUT2D eigenvalue weighted by Gasteiger charge is 2.04. The number of rotatable bonds is 5. The minimum atomic E-state index is -3.42. The quantitative estimate of drug-likeness (QED) is 0.706. The number of hydrogen-bond donors (Lipinski definition) is 2. The highest BCUT2D eigenvalue weighted by atomic mass is 32.2. The summed E-state index contributed by atoms with van der Waals surface area (Å²) in [7, 11) is -3.42. The second-order valence-electron chi connectivity index (χ2n) is 3.16. The molecule has 1 heterocycles. The van der Waals surface area contributed by atoms with Crippen molar-refractivity contribution in [2.24, 2.45) is 5.14 Å². The Bertz CT molecular complexity index is 492. The summed E-state index contributed by atoms with van der Waals surface area (Å²) >= 11 is 0. The van der Waals surface area contributed by atoms with Gasteiger partial charge in [-0.25, -0.2) is 18.5 Å². The van der Waals surface area contributed by atoms with Gasteiger partial charge in [-0.3, -0.25) is 0 Å². The van der Waals surface area contributed by atoms with Crippen LogP contribution < -0.4 is 10.5 Å². The largest absolute Gasteiger partial charge is 0.369 e. The first-order valence-corrected chi connectivity index (χ1v) is 6.34. The van der Waals surface area contributed by atoms with Crippen molar-refractivity contribution in [1.82, 2.24) is 4.98 Å². The van der Waals surface area contributed by atoms with Gasteiger partial charge in [0.05, 0.1) is 11.3 Å². The Labute approximate surface area is 94.2 Å². The summed E-state index contributed by atoms with van der Waals surface area (Å²) in [5.74, 6) is 0.369. The van der Waals surface area contributed by atoms with Gasteiger partial charge in [0.2, 0.25) is 10.0 Å². The Balaban J connectivity index is 2.47. The van der Waals surface area contributed by atoms with Gasteiger partial charge in [0.1, 0.15) is 11.9 Å². The lowest BCUT2D eigenvalue weighted by Crippen LogP contribution is -2.19. The topological polar surface area (TPSA) is 109 Å². The molecule has 0 aliphatic rings. The van der Waals surface area contributed by atoms with Crippen molar-refractivity contribution in [1.29, 1.82) is 5.26 Å². The van der Waals surface area contributed by atoms with E-state index in [2.05, 4.69) is 10.3 Å². The molecule has 0 bridgehead atoms. The maximum Gasteiger partial charge on any atom is 0.209 e. The summed E-state index contributed by atoms with van der Waals surface area (Å²) < 4.78 is 21.3. The zero-order valence-electron chi connectivity index (χ0n) is 8.55. The molecule has 1 aromatic heterocycles. The van der Waals surface area contributed by atoms with Crippen molar-refractivity contribution in [2.45, 2.75) is 6.42 Å². The maximum absolute atomic E-state index is 10.6. The molecule has 0 aromatic carbocycles. The average Bonchev–Trinajstić information content (AvgIpc) is 2.23. The Morgan fingerprint density at radius 2 is 2.31 bits per heavy atom. The Morgan fingerprint density at radius 3 is 2.94 bits per heavy atom. The van der Waals surface area contributed by atoms with Crippen LogP contribution in [0.1, 0.15) is 12.0 Å². The third-order valence-electron chi connectivity index (χ3n) is 1.83. The smallest absolute Gasteiger partial charge is 0.209 e. The molecule has 0 saturated heterocycles. The molecule has 1 aromatic rings. The average molecular weight is 240 g/mol. The summed E-state index contributed by atoms with van der Waals surface area (Å²) in [5.41, 5.74) is 0.429. The first-order valence-electron chi connectivity index (χ1n) is 4.62. The number of anilines is 1. The maximum atomic E-state index is 10.6. The zero-order chi connectivity index (χ0) is 12.0. The Morgan fingerprint density at radius 1 is 1.56 bits per heavy atom. The standard InChI is InChI=1S/C9H12N4O2S/c10-7-8-3-1-4-12-9(8)13-5-2-6-16(11,14)15/h1,3-4H,2,5-6H2,(H,12,13)(H2,11,14,15). The van der Waals surface area contributed by atoms with Crippen molar-refractivity contribution in [3.8, 4) is 6.07 Å². The van der Waals surface area contributed by atoms with Gasteiger partial charge >= 0.3 is 0 Å². The minimum absolute atomic E-state index is 0.0886. The summed E-state index contributed by atoms with van der Waals surface area (Å²) in [6.07, 6.45) is 1.93. The summed E-state index contributed by atoms with van der Waals surface area (Å²) in [4.78, 5) is 3.97. The van der Waals surface area contributed by atoms with E-state index in [9.17, 15) is 8.42 Å². The number of sulfonamides is 1. The van der Waals surface area contributed by atoms with Crippen LogP contribution in [-0.2, 0) is 10.0 Å². The molecule has 0 radical (unpaired) electrons. The van der Waals surface area contributed by atoms with E-state index >= 15 is 0 Å². The number of aromatic nitrogens is 1. The van der Waals surface area contributed by atoms with E-state index < -0.39 is 10.0 Å². The fourth-order valence-electron chi connectivity index (χ4n) is 1.12. The molecule has 0 amide bonds. The SMILES string of the molecule is N#Cc1cccnc1NCCCS(N)(=O)=O. The van der Waals surface area contributed by atoms with Crippen LogP contribution in [0, 0.1) is 11.3 Å². The van der Waals surface area contributed by atoms with Gasteiger partial charge in [0.25, 0.3) is 0 Å². The van der Waals surface area contributed by atoms with Crippen LogP contribution in [0.3, 0.4) is 0 Å².